The fourth-order valence-electron chi connectivity index (χ4n) is 4.14. The van der Waals surface area contributed by atoms with Gasteiger partial charge in [-0.1, -0.05) is 0 Å². The van der Waals surface area contributed by atoms with Gasteiger partial charge in [-0.05, 0) is 13.0 Å². The number of fused-ring (bicyclic) bond motifs is 2. The molecule has 2 N–H and O–H groups in total. The van der Waals surface area contributed by atoms with Crippen molar-refractivity contribution in [2.45, 2.75) is 38.0 Å². The first-order valence-electron chi connectivity index (χ1n) is 10.0. The molecule has 0 radical (unpaired) electrons. The quantitative estimate of drug-likeness (QED) is 0.792. The fraction of sp³-hybridized carbons (Fsp3) is 0.579. The number of nitrogens with zero attached hydrogens (tertiary/aromatic N) is 6. The van der Waals surface area contributed by atoms with E-state index in [0.29, 0.717) is 44.7 Å². The van der Waals surface area contributed by atoms with Crippen molar-refractivity contribution in [2.24, 2.45) is 0 Å². The molecule has 4 fully saturated rings. The monoisotopic (exact) mass is 419 g/mol. The number of nitrogen functional groups attached to an aromatic ring is 1. The Kier molecular flexibility index (Phi) is 4.86. The summed E-state index contributed by atoms with van der Waals surface area (Å²) < 4.78 is 38.7. The number of rotatable bonds is 4. The Balaban J connectivity index is 1.59. The summed E-state index contributed by atoms with van der Waals surface area (Å²) in [6.45, 7) is 5.05. The molecule has 0 saturated carbocycles. The predicted octanol–water partition coefficient (Wildman–Crippen LogP) is 1.66. The second-order valence-corrected chi connectivity index (χ2v) is 7.89. The molecular weight excluding hydrogens is 396 g/mol. The second kappa shape index (κ2) is 7.55. The lowest BCUT2D eigenvalue weighted by molar-refractivity contribution is -0.133. The third kappa shape index (κ3) is 3.52. The minimum Gasteiger partial charge on any atom is -0.384 e. The topological polar surface area (TPSA) is 103 Å². The maximum absolute atomic E-state index is 13.7. The minimum absolute atomic E-state index is 0.0265. The molecule has 2 unspecified atom stereocenters. The molecule has 3 atom stereocenters. The van der Waals surface area contributed by atoms with E-state index >= 15 is 0 Å². The molecule has 4 saturated heterocycles. The van der Waals surface area contributed by atoms with Crippen LogP contribution >= 0.6 is 0 Å². The highest BCUT2D eigenvalue weighted by Crippen LogP contribution is 2.34. The van der Waals surface area contributed by atoms with Gasteiger partial charge in [0.1, 0.15) is 5.82 Å². The van der Waals surface area contributed by atoms with Crippen molar-refractivity contribution in [3.8, 4) is 11.4 Å². The molecule has 2 bridgehead atoms. The Bertz CT molecular complexity index is 931. The Morgan fingerprint density at radius 1 is 1.17 bits per heavy atom. The summed E-state index contributed by atoms with van der Waals surface area (Å²) in [6, 6.07) is 1.23. The smallest absolute Gasteiger partial charge is 0.264 e. The summed E-state index contributed by atoms with van der Waals surface area (Å²) in [7, 11) is 0. The van der Waals surface area contributed by atoms with E-state index in [0.717, 1.165) is 6.42 Å². The number of alkyl halides is 2. The van der Waals surface area contributed by atoms with Crippen LogP contribution in [-0.2, 0) is 9.47 Å². The van der Waals surface area contributed by atoms with Crippen LogP contribution in [0.4, 0.5) is 26.5 Å². The highest BCUT2D eigenvalue weighted by atomic mass is 19.3. The zero-order valence-electron chi connectivity index (χ0n) is 16.5. The van der Waals surface area contributed by atoms with Gasteiger partial charge >= 0.3 is 0 Å². The lowest BCUT2D eigenvalue weighted by Gasteiger charge is -2.47. The lowest BCUT2D eigenvalue weighted by atomic mass is 9.99. The highest BCUT2D eigenvalue weighted by Gasteiger charge is 2.39. The number of ether oxygens (including phenoxy) is 2. The van der Waals surface area contributed by atoms with Gasteiger partial charge in [0.05, 0.1) is 31.5 Å². The molecule has 0 aromatic carbocycles. The lowest BCUT2D eigenvalue weighted by Crippen LogP contribution is -2.57. The maximum Gasteiger partial charge on any atom is 0.264 e. The van der Waals surface area contributed by atoms with E-state index in [-0.39, 0.29) is 41.0 Å². The second-order valence-electron chi connectivity index (χ2n) is 7.89. The minimum atomic E-state index is -2.73. The number of hydrogen-bond acceptors (Lipinski definition) is 9. The van der Waals surface area contributed by atoms with Crippen LogP contribution in [0.1, 0.15) is 25.3 Å². The Hall–Kier alpha value is -2.66. The predicted molar refractivity (Wildman–Crippen MR) is 106 cm³/mol. The normalized spacial score (nSPS) is 26.1. The van der Waals surface area contributed by atoms with Crippen LogP contribution in [0, 0.1) is 0 Å². The first-order valence-corrected chi connectivity index (χ1v) is 10.0. The summed E-state index contributed by atoms with van der Waals surface area (Å²) in [5, 5.41) is 0. The van der Waals surface area contributed by atoms with Gasteiger partial charge in [-0.2, -0.15) is 15.0 Å². The number of aromatic nitrogens is 4. The fourth-order valence-corrected chi connectivity index (χ4v) is 4.14. The van der Waals surface area contributed by atoms with E-state index in [1.807, 2.05) is 16.7 Å². The summed E-state index contributed by atoms with van der Waals surface area (Å²) in [5.41, 5.74) is 5.54. The molecule has 160 valence electrons. The van der Waals surface area contributed by atoms with Crippen LogP contribution in [0.5, 0.6) is 0 Å². The van der Waals surface area contributed by atoms with Gasteiger partial charge in [0.25, 0.3) is 6.43 Å². The number of piperidine rings is 1. The van der Waals surface area contributed by atoms with Gasteiger partial charge in [-0.3, -0.25) is 0 Å². The molecule has 11 heteroatoms. The molecular formula is C19H23F2N7O2. The van der Waals surface area contributed by atoms with Crippen molar-refractivity contribution < 1.29 is 18.3 Å². The molecule has 9 nitrogen and oxygen atoms in total. The van der Waals surface area contributed by atoms with Gasteiger partial charge in [0.2, 0.25) is 11.9 Å². The van der Waals surface area contributed by atoms with Crippen molar-refractivity contribution in [2.75, 3.05) is 48.4 Å². The Morgan fingerprint density at radius 3 is 2.60 bits per heavy atom. The van der Waals surface area contributed by atoms with E-state index in [2.05, 4.69) is 19.9 Å². The van der Waals surface area contributed by atoms with Crippen LogP contribution in [0.15, 0.2) is 12.3 Å². The summed E-state index contributed by atoms with van der Waals surface area (Å²) in [6.07, 6.45) is -0.0836. The van der Waals surface area contributed by atoms with Crippen LogP contribution in [0.25, 0.3) is 11.4 Å². The molecule has 4 aliphatic heterocycles. The van der Waals surface area contributed by atoms with Gasteiger partial charge < -0.3 is 25.0 Å². The average molecular weight is 419 g/mol. The van der Waals surface area contributed by atoms with E-state index < -0.39 is 6.43 Å². The maximum atomic E-state index is 13.7. The van der Waals surface area contributed by atoms with Crippen molar-refractivity contribution >= 4 is 17.7 Å². The molecule has 2 aromatic heterocycles. The van der Waals surface area contributed by atoms with E-state index in [1.165, 1.54) is 12.3 Å². The van der Waals surface area contributed by atoms with Gasteiger partial charge in [-0.15, -0.1) is 0 Å². The number of halogens is 2. The molecule has 6 heterocycles. The number of hydrogen-bond donors (Lipinski definition) is 1. The SMILES string of the molecule is C[C@@H]1COCCN1c1nc(-c2cnc(N)cc2C(F)F)nc(N2CC3CC(C2)O3)n1. The third-order valence-electron chi connectivity index (χ3n) is 5.71. The summed E-state index contributed by atoms with van der Waals surface area (Å²) in [4.78, 5) is 21.8. The van der Waals surface area contributed by atoms with Gasteiger partial charge in [0.15, 0.2) is 5.82 Å². The van der Waals surface area contributed by atoms with Crippen LogP contribution < -0.4 is 15.5 Å². The van der Waals surface area contributed by atoms with Crippen molar-refractivity contribution in [3.63, 3.8) is 0 Å². The molecule has 0 aliphatic carbocycles. The Labute approximate surface area is 172 Å². The third-order valence-corrected chi connectivity index (χ3v) is 5.71. The van der Waals surface area contributed by atoms with Crippen LogP contribution in [0.3, 0.4) is 0 Å². The number of anilines is 3. The zero-order valence-corrected chi connectivity index (χ0v) is 16.5. The zero-order chi connectivity index (χ0) is 20.8. The first-order chi connectivity index (χ1) is 14.5. The molecule has 0 amide bonds. The molecule has 2 aromatic rings. The molecule has 30 heavy (non-hydrogen) atoms. The largest absolute Gasteiger partial charge is 0.384 e. The van der Waals surface area contributed by atoms with Gasteiger partial charge in [0, 0.05) is 43.4 Å². The highest BCUT2D eigenvalue weighted by molar-refractivity contribution is 5.64. The van der Waals surface area contributed by atoms with E-state index in [9.17, 15) is 8.78 Å². The van der Waals surface area contributed by atoms with Crippen molar-refractivity contribution in [1.29, 1.82) is 0 Å². The first kappa shape index (κ1) is 19.3. The summed E-state index contributed by atoms with van der Waals surface area (Å²) in [5.74, 6) is 1.10. The summed E-state index contributed by atoms with van der Waals surface area (Å²) >= 11 is 0. The van der Waals surface area contributed by atoms with E-state index in [1.54, 1.807) is 0 Å². The van der Waals surface area contributed by atoms with E-state index in [4.69, 9.17) is 15.2 Å². The number of nitrogens with two attached hydrogens (primary N) is 1. The van der Waals surface area contributed by atoms with Crippen molar-refractivity contribution in [3.05, 3.63) is 17.8 Å². The molecule has 4 aliphatic rings. The van der Waals surface area contributed by atoms with Crippen LogP contribution in [-0.4, -0.2) is 71.0 Å². The number of pyridine rings is 1. The standard InChI is InChI=1S/C19H23F2N7O2/c1-10-9-29-3-2-28(10)19-25-17(14-6-23-15(22)5-13(14)16(20)21)24-18(26-19)27-7-11-4-12(8-27)30-11/h5-6,10-12,16H,2-4,7-9H2,1H3,(H2,22,23)/t10-,11?,12?/m1/s1. The number of morpholine rings is 2. The Morgan fingerprint density at radius 2 is 1.90 bits per heavy atom. The molecule has 0 spiro atoms. The average Bonchev–Trinajstić information content (AvgIpc) is 2.73. The molecule has 6 rings (SSSR count). The van der Waals surface area contributed by atoms with Crippen molar-refractivity contribution in [1.82, 2.24) is 19.9 Å². The van der Waals surface area contributed by atoms with Gasteiger partial charge in [-0.25, -0.2) is 13.8 Å². The van der Waals surface area contributed by atoms with Crippen LogP contribution in [0.2, 0.25) is 0 Å².